The van der Waals surface area contributed by atoms with E-state index < -0.39 is 5.56 Å². The van der Waals surface area contributed by atoms with E-state index in [4.69, 9.17) is 23.2 Å². The highest BCUT2D eigenvalue weighted by molar-refractivity contribution is 6.32. The van der Waals surface area contributed by atoms with Crippen molar-refractivity contribution in [3.63, 3.8) is 0 Å². The lowest BCUT2D eigenvalue weighted by molar-refractivity contribution is 1.14. The first-order chi connectivity index (χ1) is 4.20. The molecule has 0 atom stereocenters. The standard InChI is InChI=1S/C4H2Cl2N2O/c5-2-1-7-4(9)3(6)8-2/h1H,(H,7,9). The number of aromatic nitrogens is 2. The molecule has 5 heteroatoms. The summed E-state index contributed by atoms with van der Waals surface area (Å²) in [7, 11) is 0. The molecule has 0 aliphatic carbocycles. The van der Waals surface area contributed by atoms with Gasteiger partial charge in [0, 0.05) is 6.20 Å². The van der Waals surface area contributed by atoms with Crippen LogP contribution in [-0.4, -0.2) is 9.97 Å². The van der Waals surface area contributed by atoms with E-state index >= 15 is 0 Å². The van der Waals surface area contributed by atoms with Gasteiger partial charge in [0.1, 0.15) is 5.15 Å². The van der Waals surface area contributed by atoms with Crippen LogP contribution in [0.15, 0.2) is 11.0 Å². The Hall–Kier alpha value is -0.540. The van der Waals surface area contributed by atoms with Crippen molar-refractivity contribution in [2.75, 3.05) is 0 Å². The number of H-pyrrole nitrogens is 1. The van der Waals surface area contributed by atoms with Gasteiger partial charge >= 0.3 is 0 Å². The predicted molar refractivity (Wildman–Crippen MR) is 34.9 cm³/mol. The summed E-state index contributed by atoms with van der Waals surface area (Å²) in [5.74, 6) is 0. The van der Waals surface area contributed by atoms with Crippen molar-refractivity contribution in [1.82, 2.24) is 9.97 Å². The molecule has 1 aromatic rings. The number of aromatic amines is 1. The molecule has 1 heterocycles. The molecule has 0 saturated carbocycles. The molecule has 0 aliphatic heterocycles. The van der Waals surface area contributed by atoms with Crippen LogP contribution in [0.4, 0.5) is 0 Å². The van der Waals surface area contributed by atoms with Gasteiger partial charge in [-0.2, -0.15) is 0 Å². The Balaban J connectivity index is 3.34. The third-order valence-electron chi connectivity index (χ3n) is 0.715. The van der Waals surface area contributed by atoms with Crippen molar-refractivity contribution in [3.05, 3.63) is 26.9 Å². The topological polar surface area (TPSA) is 45.8 Å². The van der Waals surface area contributed by atoms with Crippen LogP contribution < -0.4 is 5.56 Å². The van der Waals surface area contributed by atoms with Crippen molar-refractivity contribution in [2.24, 2.45) is 0 Å². The Morgan fingerprint density at radius 2 is 2.22 bits per heavy atom. The second-order valence-electron chi connectivity index (χ2n) is 1.34. The minimum atomic E-state index is -0.430. The molecule has 0 bridgehead atoms. The molecular formula is C4H2Cl2N2O. The number of rotatable bonds is 0. The lowest BCUT2D eigenvalue weighted by atomic mass is 10.7. The summed E-state index contributed by atoms with van der Waals surface area (Å²) in [6.07, 6.45) is 1.27. The number of nitrogens with zero attached hydrogens (tertiary/aromatic N) is 1. The average molecular weight is 165 g/mol. The van der Waals surface area contributed by atoms with Crippen molar-refractivity contribution in [2.45, 2.75) is 0 Å². The third-order valence-corrected chi connectivity index (χ3v) is 1.16. The zero-order valence-corrected chi connectivity index (χ0v) is 5.70. The van der Waals surface area contributed by atoms with Crippen LogP contribution in [0.3, 0.4) is 0 Å². The molecule has 48 valence electrons. The Morgan fingerprint density at radius 1 is 1.56 bits per heavy atom. The van der Waals surface area contributed by atoms with Crippen LogP contribution in [0.1, 0.15) is 0 Å². The zero-order chi connectivity index (χ0) is 6.85. The van der Waals surface area contributed by atoms with Gasteiger partial charge in [0.25, 0.3) is 5.56 Å². The van der Waals surface area contributed by atoms with Gasteiger partial charge in [-0.05, 0) is 0 Å². The molecule has 1 rings (SSSR count). The van der Waals surface area contributed by atoms with Gasteiger partial charge < -0.3 is 4.98 Å². The van der Waals surface area contributed by atoms with E-state index in [-0.39, 0.29) is 10.3 Å². The molecule has 0 spiro atoms. The molecule has 0 aliphatic rings. The number of hydrogen-bond donors (Lipinski definition) is 1. The first-order valence-electron chi connectivity index (χ1n) is 2.11. The summed E-state index contributed by atoms with van der Waals surface area (Å²) in [4.78, 5) is 16.2. The van der Waals surface area contributed by atoms with E-state index in [0.29, 0.717) is 0 Å². The van der Waals surface area contributed by atoms with Crippen LogP contribution in [0.5, 0.6) is 0 Å². The second kappa shape index (κ2) is 2.37. The molecule has 0 unspecified atom stereocenters. The molecule has 0 aromatic carbocycles. The number of nitrogens with one attached hydrogen (secondary N) is 1. The molecule has 0 amide bonds. The van der Waals surface area contributed by atoms with E-state index in [1.54, 1.807) is 0 Å². The quantitative estimate of drug-likeness (QED) is 0.624. The Kier molecular flexibility index (Phi) is 1.73. The molecule has 9 heavy (non-hydrogen) atoms. The molecule has 1 N–H and O–H groups in total. The molecule has 0 saturated heterocycles. The fourth-order valence-corrected chi connectivity index (χ4v) is 0.689. The Morgan fingerprint density at radius 3 is 2.67 bits per heavy atom. The first kappa shape index (κ1) is 6.58. The van der Waals surface area contributed by atoms with Gasteiger partial charge in [0.15, 0.2) is 5.15 Å². The zero-order valence-electron chi connectivity index (χ0n) is 4.19. The molecule has 3 nitrogen and oxygen atoms in total. The maximum absolute atomic E-state index is 10.5. The van der Waals surface area contributed by atoms with E-state index in [1.807, 2.05) is 0 Å². The Bertz CT molecular complexity index is 270. The average Bonchev–Trinajstić information content (AvgIpc) is 1.80. The highest BCUT2D eigenvalue weighted by Crippen LogP contribution is 2.01. The van der Waals surface area contributed by atoms with Crippen molar-refractivity contribution in [1.29, 1.82) is 0 Å². The van der Waals surface area contributed by atoms with Crippen LogP contribution >= 0.6 is 23.2 Å². The fourth-order valence-electron chi connectivity index (χ4n) is 0.361. The first-order valence-corrected chi connectivity index (χ1v) is 2.86. The van der Waals surface area contributed by atoms with Crippen LogP contribution in [-0.2, 0) is 0 Å². The van der Waals surface area contributed by atoms with Crippen molar-refractivity contribution in [3.8, 4) is 0 Å². The second-order valence-corrected chi connectivity index (χ2v) is 2.09. The van der Waals surface area contributed by atoms with Crippen molar-refractivity contribution >= 4 is 23.2 Å². The maximum Gasteiger partial charge on any atom is 0.285 e. The van der Waals surface area contributed by atoms with Gasteiger partial charge in [-0.15, -0.1) is 0 Å². The minimum absolute atomic E-state index is 0.137. The largest absolute Gasteiger partial charge is 0.323 e. The third kappa shape index (κ3) is 1.43. The van der Waals surface area contributed by atoms with Gasteiger partial charge in [0.2, 0.25) is 0 Å². The van der Waals surface area contributed by atoms with Crippen LogP contribution in [0, 0.1) is 0 Å². The molecule has 0 radical (unpaired) electrons. The lowest BCUT2D eigenvalue weighted by Crippen LogP contribution is -2.06. The van der Waals surface area contributed by atoms with Gasteiger partial charge in [-0.1, -0.05) is 23.2 Å². The van der Waals surface area contributed by atoms with Gasteiger partial charge in [-0.25, -0.2) is 4.98 Å². The smallest absolute Gasteiger partial charge is 0.285 e. The fraction of sp³-hybridized carbons (Fsp3) is 0. The highest BCUT2D eigenvalue weighted by Gasteiger charge is 1.95. The normalized spacial score (nSPS) is 9.56. The predicted octanol–water partition coefficient (Wildman–Crippen LogP) is 1.08. The molecule has 0 fully saturated rings. The number of hydrogen-bond acceptors (Lipinski definition) is 2. The summed E-state index contributed by atoms with van der Waals surface area (Å²) in [5, 5.41) is 0.0436. The van der Waals surface area contributed by atoms with Crippen LogP contribution in [0.2, 0.25) is 10.3 Å². The maximum atomic E-state index is 10.5. The summed E-state index contributed by atoms with van der Waals surface area (Å²) >= 11 is 10.6. The van der Waals surface area contributed by atoms with Crippen molar-refractivity contribution < 1.29 is 0 Å². The van der Waals surface area contributed by atoms with Crippen LogP contribution in [0.25, 0.3) is 0 Å². The van der Waals surface area contributed by atoms with E-state index in [2.05, 4.69) is 9.97 Å². The van der Waals surface area contributed by atoms with E-state index in [1.165, 1.54) is 6.20 Å². The van der Waals surface area contributed by atoms with E-state index in [9.17, 15) is 4.79 Å². The summed E-state index contributed by atoms with van der Waals surface area (Å²) < 4.78 is 0. The Labute approximate surface area is 60.6 Å². The lowest BCUT2D eigenvalue weighted by Gasteiger charge is -1.86. The summed E-state index contributed by atoms with van der Waals surface area (Å²) in [6.45, 7) is 0. The molecular weight excluding hydrogens is 163 g/mol. The highest BCUT2D eigenvalue weighted by atomic mass is 35.5. The van der Waals surface area contributed by atoms with E-state index in [0.717, 1.165) is 0 Å². The van der Waals surface area contributed by atoms with Gasteiger partial charge in [-0.3, -0.25) is 4.79 Å². The SMILES string of the molecule is O=c1[nH]cc(Cl)nc1Cl. The molecule has 1 aromatic heterocycles. The number of halogens is 2. The minimum Gasteiger partial charge on any atom is -0.323 e. The summed E-state index contributed by atoms with van der Waals surface area (Å²) in [6, 6.07) is 0. The van der Waals surface area contributed by atoms with Gasteiger partial charge in [0.05, 0.1) is 0 Å². The monoisotopic (exact) mass is 164 g/mol. The summed E-state index contributed by atoms with van der Waals surface area (Å²) in [5.41, 5.74) is -0.430.